The van der Waals surface area contributed by atoms with Crippen LogP contribution in [0.15, 0.2) is 36.4 Å². The van der Waals surface area contributed by atoms with Crippen molar-refractivity contribution in [2.24, 2.45) is 11.8 Å². The van der Waals surface area contributed by atoms with E-state index in [-0.39, 0.29) is 29.2 Å². The van der Waals surface area contributed by atoms with Gasteiger partial charge in [-0.05, 0) is 38.3 Å². The number of carboxylic acid groups (broad SMARTS) is 1. The van der Waals surface area contributed by atoms with Crippen molar-refractivity contribution < 1.29 is 24.2 Å². The molecule has 0 unspecified atom stereocenters. The first-order valence-electron chi connectivity index (χ1n) is 8.42. The summed E-state index contributed by atoms with van der Waals surface area (Å²) in [6, 6.07) is 6.20. The monoisotopic (exact) mass is 345 g/mol. The Morgan fingerprint density at radius 1 is 1.20 bits per heavy atom. The molecule has 6 nitrogen and oxygen atoms in total. The van der Waals surface area contributed by atoms with Gasteiger partial charge in [0.1, 0.15) is 0 Å². The van der Waals surface area contributed by atoms with Crippen LogP contribution in [0.25, 0.3) is 0 Å². The first-order chi connectivity index (χ1) is 11.9. The van der Waals surface area contributed by atoms with Crippen LogP contribution in [-0.2, 0) is 14.3 Å². The van der Waals surface area contributed by atoms with Crippen molar-refractivity contribution in [2.45, 2.75) is 39.2 Å². The van der Waals surface area contributed by atoms with Crippen LogP contribution < -0.4 is 5.32 Å². The number of nitrogens with one attached hydrogen (secondary N) is 1. The van der Waals surface area contributed by atoms with Crippen molar-refractivity contribution in [1.82, 2.24) is 0 Å². The predicted octanol–water partition coefficient (Wildman–Crippen LogP) is 3.25. The van der Waals surface area contributed by atoms with Gasteiger partial charge in [0.25, 0.3) is 0 Å². The third-order valence-corrected chi connectivity index (χ3v) is 4.38. The van der Waals surface area contributed by atoms with E-state index in [1.54, 1.807) is 12.1 Å². The molecule has 0 saturated carbocycles. The Morgan fingerprint density at radius 3 is 2.48 bits per heavy atom. The number of allylic oxidation sites excluding steroid dienone is 2. The number of rotatable bonds is 6. The largest absolute Gasteiger partial charge is 0.478 e. The van der Waals surface area contributed by atoms with E-state index in [0.717, 1.165) is 0 Å². The summed E-state index contributed by atoms with van der Waals surface area (Å²) in [5, 5.41) is 11.9. The van der Waals surface area contributed by atoms with Gasteiger partial charge >= 0.3 is 11.9 Å². The smallest absolute Gasteiger partial charge is 0.337 e. The average Bonchev–Trinajstić information content (AvgIpc) is 2.61. The molecule has 1 amide bonds. The maximum absolute atomic E-state index is 12.7. The highest BCUT2D eigenvalue weighted by Gasteiger charge is 2.36. The van der Waals surface area contributed by atoms with Gasteiger partial charge < -0.3 is 15.2 Å². The van der Waals surface area contributed by atoms with Crippen LogP contribution in [0.4, 0.5) is 5.69 Å². The maximum atomic E-state index is 12.7. The van der Waals surface area contributed by atoms with Crippen molar-refractivity contribution in [3.05, 3.63) is 42.0 Å². The lowest BCUT2D eigenvalue weighted by Crippen LogP contribution is -2.37. The van der Waals surface area contributed by atoms with Crippen molar-refractivity contribution in [3.63, 3.8) is 0 Å². The number of carbonyl (C=O) groups is 3. The van der Waals surface area contributed by atoms with Crippen LogP contribution in [0.2, 0.25) is 0 Å². The van der Waals surface area contributed by atoms with Crippen LogP contribution in [0.5, 0.6) is 0 Å². The summed E-state index contributed by atoms with van der Waals surface area (Å²) >= 11 is 0. The van der Waals surface area contributed by atoms with E-state index in [9.17, 15) is 19.5 Å². The molecule has 3 atom stereocenters. The standard InChI is InChI=1S/C19H23NO5/c1-3-12(2)25-19(24)14-9-5-4-8-13(14)17(21)20-16-11-7-6-10-15(16)18(22)23/h4-7,10-14H,3,8-9H2,1-2H3,(H,20,21)(H,22,23)/t12-,13+,14-/m1/s1. The fourth-order valence-corrected chi connectivity index (χ4v) is 2.74. The second kappa shape index (κ2) is 8.46. The number of aromatic carboxylic acids is 1. The highest BCUT2D eigenvalue weighted by atomic mass is 16.5. The molecule has 25 heavy (non-hydrogen) atoms. The van der Waals surface area contributed by atoms with Gasteiger partial charge in [0.05, 0.1) is 29.2 Å². The van der Waals surface area contributed by atoms with Gasteiger partial charge in [0.2, 0.25) is 5.91 Å². The van der Waals surface area contributed by atoms with Gasteiger partial charge in [-0.1, -0.05) is 31.2 Å². The molecule has 0 bridgehead atoms. The SMILES string of the molecule is CC[C@@H](C)OC(=O)[C@@H]1CC=CC[C@@H]1C(=O)Nc1ccccc1C(=O)O. The molecule has 1 aliphatic carbocycles. The number of carboxylic acids is 1. The average molecular weight is 345 g/mol. The summed E-state index contributed by atoms with van der Waals surface area (Å²) in [7, 11) is 0. The van der Waals surface area contributed by atoms with E-state index in [1.165, 1.54) is 12.1 Å². The number of hydrogen-bond acceptors (Lipinski definition) is 4. The Bertz CT molecular complexity index is 682. The maximum Gasteiger partial charge on any atom is 0.337 e. The van der Waals surface area contributed by atoms with Crippen LogP contribution in [0, 0.1) is 11.8 Å². The summed E-state index contributed by atoms with van der Waals surface area (Å²) < 4.78 is 5.38. The lowest BCUT2D eigenvalue weighted by molar-refractivity contribution is -0.157. The van der Waals surface area contributed by atoms with Crippen LogP contribution in [0.3, 0.4) is 0 Å². The predicted molar refractivity (Wildman–Crippen MR) is 93.2 cm³/mol. The minimum absolute atomic E-state index is 0.0148. The third-order valence-electron chi connectivity index (χ3n) is 4.38. The Hall–Kier alpha value is -2.63. The number of ether oxygens (including phenoxy) is 1. The van der Waals surface area contributed by atoms with E-state index in [1.807, 2.05) is 26.0 Å². The fourth-order valence-electron chi connectivity index (χ4n) is 2.74. The van der Waals surface area contributed by atoms with Crippen molar-refractivity contribution in [1.29, 1.82) is 0 Å². The van der Waals surface area contributed by atoms with Crippen molar-refractivity contribution in [2.75, 3.05) is 5.32 Å². The molecule has 1 aliphatic rings. The van der Waals surface area contributed by atoms with E-state index < -0.39 is 17.8 Å². The van der Waals surface area contributed by atoms with Gasteiger partial charge in [0.15, 0.2) is 0 Å². The zero-order chi connectivity index (χ0) is 18.4. The number of amides is 1. The van der Waals surface area contributed by atoms with Crippen molar-refractivity contribution in [3.8, 4) is 0 Å². The molecular weight excluding hydrogens is 322 g/mol. The Kier molecular flexibility index (Phi) is 6.33. The number of para-hydroxylation sites is 1. The molecule has 0 saturated heterocycles. The van der Waals surface area contributed by atoms with Gasteiger partial charge in [-0.2, -0.15) is 0 Å². The summed E-state index contributed by atoms with van der Waals surface area (Å²) in [5.41, 5.74) is 0.240. The lowest BCUT2D eigenvalue weighted by atomic mass is 9.82. The number of hydrogen-bond donors (Lipinski definition) is 2. The number of carbonyl (C=O) groups excluding carboxylic acids is 2. The number of esters is 1. The molecule has 2 rings (SSSR count). The van der Waals surface area contributed by atoms with E-state index >= 15 is 0 Å². The molecule has 0 heterocycles. The first-order valence-corrected chi connectivity index (χ1v) is 8.42. The third kappa shape index (κ3) is 4.68. The molecule has 0 radical (unpaired) electrons. The quantitative estimate of drug-likeness (QED) is 0.610. The second-order valence-electron chi connectivity index (χ2n) is 6.15. The zero-order valence-electron chi connectivity index (χ0n) is 14.4. The molecule has 134 valence electrons. The molecular formula is C19H23NO5. The molecule has 0 spiro atoms. The second-order valence-corrected chi connectivity index (χ2v) is 6.15. The van der Waals surface area contributed by atoms with Gasteiger partial charge in [0, 0.05) is 0 Å². The fraction of sp³-hybridized carbons (Fsp3) is 0.421. The minimum atomic E-state index is -1.12. The summed E-state index contributed by atoms with van der Waals surface area (Å²) in [6.45, 7) is 3.74. The lowest BCUT2D eigenvalue weighted by Gasteiger charge is -2.27. The van der Waals surface area contributed by atoms with Crippen molar-refractivity contribution >= 4 is 23.5 Å². The first kappa shape index (κ1) is 18.7. The molecule has 1 aromatic rings. The number of anilines is 1. The van der Waals surface area contributed by atoms with Gasteiger partial charge in [-0.3, -0.25) is 9.59 Å². The molecule has 2 N–H and O–H groups in total. The Labute approximate surface area is 146 Å². The van der Waals surface area contributed by atoms with Gasteiger partial charge in [-0.25, -0.2) is 4.79 Å². The highest BCUT2D eigenvalue weighted by Crippen LogP contribution is 2.29. The molecule has 0 fully saturated rings. The van der Waals surface area contributed by atoms with E-state index in [2.05, 4.69) is 5.32 Å². The highest BCUT2D eigenvalue weighted by molar-refractivity contribution is 6.02. The molecule has 6 heteroatoms. The van der Waals surface area contributed by atoms with Gasteiger partial charge in [-0.15, -0.1) is 0 Å². The Balaban J connectivity index is 2.15. The summed E-state index contributed by atoms with van der Waals surface area (Å²) in [5.74, 6) is -3.01. The van der Waals surface area contributed by atoms with Crippen LogP contribution in [0.1, 0.15) is 43.5 Å². The zero-order valence-corrected chi connectivity index (χ0v) is 14.4. The van der Waals surface area contributed by atoms with E-state index in [4.69, 9.17) is 4.74 Å². The number of benzene rings is 1. The van der Waals surface area contributed by atoms with E-state index in [0.29, 0.717) is 19.3 Å². The molecule has 0 aromatic heterocycles. The molecule has 1 aromatic carbocycles. The topological polar surface area (TPSA) is 92.7 Å². The van der Waals surface area contributed by atoms with Crippen LogP contribution >= 0.6 is 0 Å². The summed E-state index contributed by atoms with van der Waals surface area (Å²) in [6.07, 6.45) is 5.10. The van der Waals surface area contributed by atoms with Crippen LogP contribution in [-0.4, -0.2) is 29.1 Å². The Morgan fingerprint density at radius 2 is 1.84 bits per heavy atom. The normalized spacial score (nSPS) is 20.6. The summed E-state index contributed by atoms with van der Waals surface area (Å²) in [4.78, 5) is 36.3. The minimum Gasteiger partial charge on any atom is -0.478 e. The molecule has 0 aliphatic heterocycles.